The normalized spacial score (nSPS) is 10.7. The van der Waals surface area contributed by atoms with Gasteiger partial charge in [0.15, 0.2) is 0 Å². The topological polar surface area (TPSA) is 42.2 Å². The summed E-state index contributed by atoms with van der Waals surface area (Å²) in [6.45, 7) is 5.99. The lowest BCUT2D eigenvalue weighted by Crippen LogP contribution is -2.02. The maximum atomic E-state index is 11.6. The van der Waals surface area contributed by atoms with Crippen molar-refractivity contribution in [2.75, 3.05) is 0 Å². The molecule has 3 rings (SSSR count). The highest BCUT2D eigenvalue weighted by Crippen LogP contribution is 2.30. The van der Waals surface area contributed by atoms with Crippen LogP contribution in [0.5, 0.6) is 0 Å². The van der Waals surface area contributed by atoms with Gasteiger partial charge in [-0.2, -0.15) is 0 Å². The lowest BCUT2D eigenvalue weighted by Gasteiger charge is -2.13. The third-order valence-electron chi connectivity index (χ3n) is 4.29. The standard InChI is InChI=1S/C20H19NO2/c1-13-9-10-16(11-14(13)2)19-12-18(20(22)23)15(3)21(19)17-7-5-4-6-8-17/h4-12H,1-3H3,(H,22,23). The summed E-state index contributed by atoms with van der Waals surface area (Å²) in [6, 6.07) is 17.8. The van der Waals surface area contributed by atoms with Crippen molar-refractivity contribution in [2.45, 2.75) is 20.8 Å². The zero-order valence-electron chi connectivity index (χ0n) is 13.5. The van der Waals surface area contributed by atoms with E-state index < -0.39 is 5.97 Å². The van der Waals surface area contributed by atoms with Crippen LogP contribution in [0.3, 0.4) is 0 Å². The minimum atomic E-state index is -0.901. The average Bonchev–Trinajstić information content (AvgIpc) is 2.88. The van der Waals surface area contributed by atoms with Crippen LogP contribution in [-0.4, -0.2) is 15.6 Å². The number of rotatable bonds is 3. The summed E-state index contributed by atoms with van der Waals surface area (Å²) in [7, 11) is 0. The molecule has 0 aliphatic carbocycles. The van der Waals surface area contributed by atoms with Crippen molar-refractivity contribution in [1.82, 2.24) is 4.57 Å². The molecule has 0 radical (unpaired) electrons. The number of para-hydroxylation sites is 1. The molecule has 0 bridgehead atoms. The molecule has 3 aromatic rings. The Morgan fingerprint density at radius 3 is 2.22 bits per heavy atom. The van der Waals surface area contributed by atoms with Crippen molar-refractivity contribution in [2.24, 2.45) is 0 Å². The lowest BCUT2D eigenvalue weighted by molar-refractivity contribution is 0.0696. The Hall–Kier alpha value is -2.81. The van der Waals surface area contributed by atoms with Crippen LogP contribution < -0.4 is 0 Å². The fourth-order valence-electron chi connectivity index (χ4n) is 2.85. The molecule has 2 aromatic carbocycles. The number of benzene rings is 2. The smallest absolute Gasteiger partial charge is 0.337 e. The molecule has 0 saturated heterocycles. The van der Waals surface area contributed by atoms with Crippen molar-refractivity contribution in [3.8, 4) is 16.9 Å². The molecule has 0 aliphatic heterocycles. The highest BCUT2D eigenvalue weighted by Gasteiger charge is 2.19. The van der Waals surface area contributed by atoms with Gasteiger partial charge < -0.3 is 9.67 Å². The van der Waals surface area contributed by atoms with Crippen LogP contribution >= 0.6 is 0 Å². The second-order valence-corrected chi connectivity index (χ2v) is 5.80. The minimum absolute atomic E-state index is 0.335. The van der Waals surface area contributed by atoms with E-state index in [1.165, 1.54) is 11.1 Å². The first-order valence-corrected chi connectivity index (χ1v) is 7.57. The monoisotopic (exact) mass is 305 g/mol. The van der Waals surface area contributed by atoms with Gasteiger partial charge in [-0.05, 0) is 61.7 Å². The highest BCUT2D eigenvalue weighted by molar-refractivity contribution is 5.91. The zero-order chi connectivity index (χ0) is 16.6. The molecule has 1 heterocycles. The van der Waals surface area contributed by atoms with Gasteiger partial charge >= 0.3 is 5.97 Å². The molecule has 0 fully saturated rings. The number of hydrogen-bond acceptors (Lipinski definition) is 1. The van der Waals surface area contributed by atoms with E-state index in [0.717, 1.165) is 22.6 Å². The van der Waals surface area contributed by atoms with Crippen molar-refractivity contribution in [1.29, 1.82) is 0 Å². The van der Waals surface area contributed by atoms with Crippen LogP contribution in [0, 0.1) is 20.8 Å². The first kappa shape index (κ1) is 15.1. The fraction of sp³-hybridized carbons (Fsp3) is 0.150. The second kappa shape index (κ2) is 5.76. The molecule has 3 heteroatoms. The molecule has 0 aliphatic rings. The van der Waals surface area contributed by atoms with Crippen LogP contribution in [0.2, 0.25) is 0 Å². The van der Waals surface area contributed by atoms with Gasteiger partial charge in [-0.15, -0.1) is 0 Å². The number of aromatic nitrogens is 1. The minimum Gasteiger partial charge on any atom is -0.478 e. The van der Waals surface area contributed by atoms with Crippen molar-refractivity contribution in [3.63, 3.8) is 0 Å². The Balaban J connectivity index is 2.29. The Morgan fingerprint density at radius 1 is 0.913 bits per heavy atom. The van der Waals surface area contributed by atoms with Crippen molar-refractivity contribution in [3.05, 3.63) is 77.0 Å². The van der Waals surface area contributed by atoms with Crippen molar-refractivity contribution < 1.29 is 9.90 Å². The average molecular weight is 305 g/mol. The molecular weight excluding hydrogens is 286 g/mol. The quantitative estimate of drug-likeness (QED) is 0.757. The molecule has 23 heavy (non-hydrogen) atoms. The number of carboxylic acids is 1. The summed E-state index contributed by atoms with van der Waals surface area (Å²) in [5.41, 5.74) is 6.37. The van der Waals surface area contributed by atoms with E-state index >= 15 is 0 Å². The second-order valence-electron chi connectivity index (χ2n) is 5.80. The molecule has 0 saturated carbocycles. The first-order chi connectivity index (χ1) is 11.0. The molecule has 3 nitrogen and oxygen atoms in total. The summed E-state index contributed by atoms with van der Waals surface area (Å²) in [5, 5.41) is 9.48. The molecule has 0 spiro atoms. The van der Waals surface area contributed by atoms with E-state index in [1.807, 2.05) is 47.9 Å². The molecule has 0 unspecified atom stereocenters. The number of carbonyl (C=O) groups is 1. The van der Waals surface area contributed by atoms with Gasteiger partial charge in [-0.1, -0.05) is 30.3 Å². The first-order valence-electron chi connectivity index (χ1n) is 7.57. The van der Waals surface area contributed by atoms with Gasteiger partial charge in [0.25, 0.3) is 0 Å². The van der Waals surface area contributed by atoms with Gasteiger partial charge in [0.1, 0.15) is 0 Å². The molecule has 0 amide bonds. The third kappa shape index (κ3) is 2.66. The number of hydrogen-bond donors (Lipinski definition) is 1. The summed E-state index contributed by atoms with van der Waals surface area (Å²) >= 11 is 0. The fourth-order valence-corrected chi connectivity index (χ4v) is 2.85. The van der Waals surface area contributed by atoms with Gasteiger partial charge in [-0.25, -0.2) is 4.79 Å². The van der Waals surface area contributed by atoms with Gasteiger partial charge in [0, 0.05) is 11.4 Å². The lowest BCUT2D eigenvalue weighted by atomic mass is 10.0. The molecule has 116 valence electrons. The summed E-state index contributed by atoms with van der Waals surface area (Å²) in [5.74, 6) is -0.901. The largest absolute Gasteiger partial charge is 0.478 e. The van der Waals surface area contributed by atoms with Crippen LogP contribution in [0.25, 0.3) is 16.9 Å². The van der Waals surface area contributed by atoms with Gasteiger partial charge in [-0.3, -0.25) is 0 Å². The van der Waals surface area contributed by atoms with Gasteiger partial charge in [0.2, 0.25) is 0 Å². The van der Waals surface area contributed by atoms with Crippen LogP contribution in [0.4, 0.5) is 0 Å². The van der Waals surface area contributed by atoms with Crippen LogP contribution in [0.1, 0.15) is 27.2 Å². The molecule has 1 aromatic heterocycles. The predicted molar refractivity (Wildman–Crippen MR) is 92.4 cm³/mol. The number of aromatic carboxylic acids is 1. The molecule has 1 N–H and O–H groups in total. The third-order valence-corrected chi connectivity index (χ3v) is 4.29. The van der Waals surface area contributed by atoms with E-state index in [0.29, 0.717) is 5.56 Å². The Labute approximate surface area is 135 Å². The van der Waals surface area contributed by atoms with E-state index in [-0.39, 0.29) is 0 Å². The number of aryl methyl sites for hydroxylation is 2. The van der Waals surface area contributed by atoms with Crippen LogP contribution in [-0.2, 0) is 0 Å². The number of nitrogens with zero attached hydrogens (tertiary/aromatic N) is 1. The predicted octanol–water partition coefficient (Wildman–Crippen LogP) is 4.77. The summed E-state index contributed by atoms with van der Waals surface area (Å²) < 4.78 is 2.01. The van der Waals surface area contributed by atoms with Crippen LogP contribution in [0.15, 0.2) is 54.6 Å². The Bertz CT molecular complexity index is 876. The maximum Gasteiger partial charge on any atom is 0.337 e. The molecular formula is C20H19NO2. The van der Waals surface area contributed by atoms with E-state index in [9.17, 15) is 9.90 Å². The van der Waals surface area contributed by atoms with Crippen molar-refractivity contribution >= 4 is 5.97 Å². The summed E-state index contributed by atoms with van der Waals surface area (Å²) in [6.07, 6.45) is 0. The summed E-state index contributed by atoms with van der Waals surface area (Å²) in [4.78, 5) is 11.6. The number of carboxylic acid groups (broad SMARTS) is 1. The highest BCUT2D eigenvalue weighted by atomic mass is 16.4. The molecule has 0 atom stereocenters. The Kier molecular flexibility index (Phi) is 3.78. The zero-order valence-corrected chi connectivity index (χ0v) is 13.5. The van der Waals surface area contributed by atoms with Gasteiger partial charge in [0.05, 0.1) is 11.3 Å². The maximum absolute atomic E-state index is 11.6. The SMILES string of the molecule is Cc1ccc(-c2cc(C(=O)O)c(C)n2-c2ccccc2)cc1C. The van der Waals surface area contributed by atoms with E-state index in [2.05, 4.69) is 26.0 Å². The van der Waals surface area contributed by atoms with E-state index in [4.69, 9.17) is 0 Å². The van der Waals surface area contributed by atoms with E-state index in [1.54, 1.807) is 6.07 Å². The Morgan fingerprint density at radius 2 is 1.61 bits per heavy atom.